The van der Waals surface area contributed by atoms with Crippen molar-refractivity contribution in [2.75, 3.05) is 0 Å². The van der Waals surface area contributed by atoms with Crippen molar-refractivity contribution in [3.05, 3.63) is 35.4 Å². The van der Waals surface area contributed by atoms with Crippen molar-refractivity contribution in [3.8, 4) is 0 Å². The zero-order valence-electron chi connectivity index (χ0n) is 9.74. The molecule has 1 N–H and O–H groups in total. The Bertz CT molecular complexity index is 344. The summed E-state index contributed by atoms with van der Waals surface area (Å²) < 4.78 is 0. The van der Waals surface area contributed by atoms with Crippen LogP contribution in [0.25, 0.3) is 0 Å². The molecule has 1 aromatic carbocycles. The van der Waals surface area contributed by atoms with E-state index in [0.717, 1.165) is 0 Å². The van der Waals surface area contributed by atoms with Gasteiger partial charge in [-0.15, -0.1) is 0 Å². The number of rotatable bonds is 2. The monoisotopic (exact) mass is 206 g/mol. The standard InChI is InChI=1S/C13H18O2/c1-9(13(2,3)4)10-5-7-11(8-6-10)12(14)15/h5-9H,1-4H3,(H,14,15)/t9-/m0/s1. The lowest BCUT2D eigenvalue weighted by Crippen LogP contribution is -2.15. The van der Waals surface area contributed by atoms with Crippen LogP contribution < -0.4 is 0 Å². The maximum absolute atomic E-state index is 10.7. The number of aromatic carboxylic acids is 1. The average molecular weight is 206 g/mol. The maximum atomic E-state index is 10.7. The van der Waals surface area contributed by atoms with E-state index < -0.39 is 5.97 Å². The number of hydrogen-bond acceptors (Lipinski definition) is 1. The maximum Gasteiger partial charge on any atom is 0.335 e. The van der Waals surface area contributed by atoms with Crippen molar-refractivity contribution in [1.82, 2.24) is 0 Å². The molecule has 0 aromatic heterocycles. The van der Waals surface area contributed by atoms with E-state index in [9.17, 15) is 4.79 Å². The van der Waals surface area contributed by atoms with Crippen LogP contribution in [-0.4, -0.2) is 11.1 Å². The van der Waals surface area contributed by atoms with Gasteiger partial charge in [0.1, 0.15) is 0 Å². The van der Waals surface area contributed by atoms with E-state index in [4.69, 9.17) is 5.11 Å². The first-order chi connectivity index (χ1) is 6.82. The van der Waals surface area contributed by atoms with Crippen molar-refractivity contribution in [2.24, 2.45) is 5.41 Å². The molecule has 0 saturated carbocycles. The lowest BCUT2D eigenvalue weighted by atomic mass is 9.78. The third-order valence-electron chi connectivity index (χ3n) is 2.96. The van der Waals surface area contributed by atoms with Crippen LogP contribution in [0.15, 0.2) is 24.3 Å². The van der Waals surface area contributed by atoms with Crippen LogP contribution in [0.2, 0.25) is 0 Å². The second kappa shape index (κ2) is 4.05. The molecule has 0 fully saturated rings. The Morgan fingerprint density at radius 1 is 1.20 bits per heavy atom. The highest BCUT2D eigenvalue weighted by Gasteiger charge is 2.21. The number of benzene rings is 1. The quantitative estimate of drug-likeness (QED) is 0.803. The molecule has 0 aliphatic carbocycles. The average Bonchev–Trinajstić information content (AvgIpc) is 2.15. The van der Waals surface area contributed by atoms with Gasteiger partial charge in [0.25, 0.3) is 0 Å². The number of carboxylic acid groups (broad SMARTS) is 1. The minimum atomic E-state index is -0.870. The van der Waals surface area contributed by atoms with Gasteiger partial charge in [-0.05, 0) is 29.0 Å². The number of hydrogen-bond donors (Lipinski definition) is 1. The fourth-order valence-electron chi connectivity index (χ4n) is 1.41. The molecule has 0 radical (unpaired) electrons. The van der Waals surface area contributed by atoms with Crippen LogP contribution in [0.5, 0.6) is 0 Å². The van der Waals surface area contributed by atoms with Crippen LogP contribution in [-0.2, 0) is 0 Å². The lowest BCUT2D eigenvalue weighted by molar-refractivity contribution is 0.0697. The molecule has 0 heterocycles. The topological polar surface area (TPSA) is 37.3 Å². The predicted octanol–water partition coefficient (Wildman–Crippen LogP) is 3.53. The van der Waals surface area contributed by atoms with Crippen LogP contribution in [0, 0.1) is 5.41 Å². The molecule has 15 heavy (non-hydrogen) atoms. The molecular weight excluding hydrogens is 188 g/mol. The van der Waals surface area contributed by atoms with Crippen molar-refractivity contribution in [1.29, 1.82) is 0 Å². The van der Waals surface area contributed by atoms with Crippen molar-refractivity contribution in [2.45, 2.75) is 33.6 Å². The molecule has 2 heteroatoms. The van der Waals surface area contributed by atoms with Crippen molar-refractivity contribution < 1.29 is 9.90 Å². The summed E-state index contributed by atoms with van der Waals surface area (Å²) in [5.41, 5.74) is 1.73. The van der Waals surface area contributed by atoms with Crippen LogP contribution >= 0.6 is 0 Å². The van der Waals surface area contributed by atoms with E-state index >= 15 is 0 Å². The predicted molar refractivity (Wildman–Crippen MR) is 61.3 cm³/mol. The van der Waals surface area contributed by atoms with E-state index in [2.05, 4.69) is 27.7 Å². The minimum Gasteiger partial charge on any atom is -0.478 e. The summed E-state index contributed by atoms with van der Waals surface area (Å²) in [5, 5.41) is 8.77. The Balaban J connectivity index is 2.94. The second-order valence-corrected chi connectivity index (χ2v) is 5.01. The molecule has 0 spiro atoms. The summed E-state index contributed by atoms with van der Waals surface area (Å²) in [6.07, 6.45) is 0. The van der Waals surface area contributed by atoms with Crippen LogP contribution in [0.4, 0.5) is 0 Å². The zero-order chi connectivity index (χ0) is 11.6. The number of carbonyl (C=O) groups is 1. The second-order valence-electron chi connectivity index (χ2n) is 5.01. The molecule has 0 aliphatic heterocycles. The van der Waals surface area contributed by atoms with E-state index in [1.807, 2.05) is 12.1 Å². The molecule has 1 aromatic rings. The van der Waals surface area contributed by atoms with Gasteiger partial charge in [-0.25, -0.2) is 4.79 Å². The summed E-state index contributed by atoms with van der Waals surface area (Å²) in [7, 11) is 0. The Labute approximate surface area is 90.9 Å². The Kier molecular flexibility index (Phi) is 3.18. The first-order valence-electron chi connectivity index (χ1n) is 5.15. The molecule has 82 valence electrons. The number of carboxylic acids is 1. The fourth-order valence-corrected chi connectivity index (χ4v) is 1.41. The molecule has 1 atom stereocenters. The van der Waals surface area contributed by atoms with E-state index in [-0.39, 0.29) is 5.41 Å². The fraction of sp³-hybridized carbons (Fsp3) is 0.462. The van der Waals surface area contributed by atoms with Crippen molar-refractivity contribution in [3.63, 3.8) is 0 Å². The molecule has 0 aliphatic rings. The Morgan fingerprint density at radius 3 is 2.00 bits per heavy atom. The normalized spacial score (nSPS) is 13.6. The van der Waals surface area contributed by atoms with Gasteiger partial charge in [0, 0.05) is 0 Å². The SMILES string of the molecule is C[C@@H](c1ccc(C(=O)O)cc1)C(C)(C)C. The highest BCUT2D eigenvalue weighted by Crippen LogP contribution is 2.34. The summed E-state index contributed by atoms with van der Waals surface area (Å²) in [5.74, 6) is -0.453. The summed E-state index contributed by atoms with van der Waals surface area (Å²) >= 11 is 0. The summed E-state index contributed by atoms with van der Waals surface area (Å²) in [6, 6.07) is 7.14. The largest absolute Gasteiger partial charge is 0.478 e. The molecule has 1 rings (SSSR count). The molecule has 0 amide bonds. The Hall–Kier alpha value is -1.31. The molecule has 2 nitrogen and oxygen atoms in total. The molecule has 0 bridgehead atoms. The van der Waals surface area contributed by atoms with E-state index in [1.165, 1.54) is 5.56 Å². The van der Waals surface area contributed by atoms with Crippen LogP contribution in [0.3, 0.4) is 0 Å². The van der Waals surface area contributed by atoms with Gasteiger partial charge in [0.15, 0.2) is 0 Å². The van der Waals surface area contributed by atoms with Crippen LogP contribution in [0.1, 0.15) is 49.5 Å². The highest BCUT2D eigenvalue weighted by molar-refractivity contribution is 5.87. The lowest BCUT2D eigenvalue weighted by Gasteiger charge is -2.27. The van der Waals surface area contributed by atoms with E-state index in [1.54, 1.807) is 12.1 Å². The van der Waals surface area contributed by atoms with Gasteiger partial charge < -0.3 is 5.11 Å². The summed E-state index contributed by atoms with van der Waals surface area (Å²) in [4.78, 5) is 10.7. The van der Waals surface area contributed by atoms with Gasteiger partial charge in [0.05, 0.1) is 5.56 Å². The zero-order valence-corrected chi connectivity index (χ0v) is 9.74. The van der Waals surface area contributed by atoms with Gasteiger partial charge in [-0.3, -0.25) is 0 Å². The van der Waals surface area contributed by atoms with Gasteiger partial charge >= 0.3 is 5.97 Å². The Morgan fingerprint density at radius 2 is 1.67 bits per heavy atom. The van der Waals surface area contributed by atoms with Gasteiger partial charge in [0.2, 0.25) is 0 Å². The van der Waals surface area contributed by atoms with E-state index in [0.29, 0.717) is 11.5 Å². The smallest absolute Gasteiger partial charge is 0.335 e. The third-order valence-corrected chi connectivity index (χ3v) is 2.96. The van der Waals surface area contributed by atoms with Gasteiger partial charge in [-0.1, -0.05) is 39.8 Å². The molecule has 0 saturated heterocycles. The minimum absolute atomic E-state index is 0.199. The first-order valence-corrected chi connectivity index (χ1v) is 5.15. The summed E-state index contributed by atoms with van der Waals surface area (Å²) in [6.45, 7) is 8.71. The molecule has 0 unspecified atom stereocenters. The van der Waals surface area contributed by atoms with Crippen molar-refractivity contribution >= 4 is 5.97 Å². The highest BCUT2D eigenvalue weighted by atomic mass is 16.4. The first kappa shape index (κ1) is 11.8. The van der Waals surface area contributed by atoms with Gasteiger partial charge in [-0.2, -0.15) is 0 Å². The molecular formula is C13H18O2. The third kappa shape index (κ3) is 2.82.